The molecule has 0 unspecified atom stereocenters. The van der Waals surface area contributed by atoms with Crippen molar-refractivity contribution in [3.8, 4) is 0 Å². The fourth-order valence-electron chi connectivity index (χ4n) is 1.55. The van der Waals surface area contributed by atoms with Crippen LogP contribution in [0.1, 0.15) is 32.9 Å². The lowest BCUT2D eigenvalue weighted by molar-refractivity contribution is 0.490. The van der Waals surface area contributed by atoms with Crippen molar-refractivity contribution in [2.45, 2.75) is 32.6 Å². The minimum atomic E-state index is 0.114. The highest BCUT2D eigenvalue weighted by Crippen LogP contribution is 2.27. The van der Waals surface area contributed by atoms with Gasteiger partial charge in [-0.05, 0) is 18.6 Å². The highest BCUT2D eigenvalue weighted by molar-refractivity contribution is 5.53. The first-order chi connectivity index (χ1) is 6.65. The van der Waals surface area contributed by atoms with Gasteiger partial charge in [0.25, 0.3) is 0 Å². The van der Waals surface area contributed by atoms with Crippen LogP contribution in [0.2, 0.25) is 0 Å². The summed E-state index contributed by atoms with van der Waals surface area (Å²) in [5, 5.41) is 4.16. The molecule has 3 heteroatoms. The van der Waals surface area contributed by atoms with Gasteiger partial charge in [-0.25, -0.2) is 9.50 Å². The molecule has 0 N–H and O–H groups in total. The van der Waals surface area contributed by atoms with Crippen molar-refractivity contribution in [2.75, 3.05) is 0 Å². The Morgan fingerprint density at radius 2 is 2.21 bits per heavy atom. The first-order valence-corrected chi connectivity index (χ1v) is 4.94. The van der Waals surface area contributed by atoms with Crippen LogP contribution in [0.4, 0.5) is 0 Å². The minimum Gasteiger partial charge on any atom is -0.238 e. The molecule has 0 bridgehead atoms. The average Bonchev–Trinajstić information content (AvgIpc) is 2.64. The van der Waals surface area contributed by atoms with Crippen molar-refractivity contribution in [1.29, 1.82) is 0 Å². The van der Waals surface area contributed by atoms with Crippen LogP contribution in [0.5, 0.6) is 0 Å². The summed E-state index contributed by atoms with van der Waals surface area (Å²) >= 11 is 0. The predicted octanol–water partition coefficient (Wildman–Crippen LogP) is 2.42. The van der Waals surface area contributed by atoms with Gasteiger partial charge in [-0.3, -0.25) is 0 Å². The van der Waals surface area contributed by atoms with Gasteiger partial charge in [-0.2, -0.15) is 5.10 Å². The monoisotopic (exact) mass is 189 g/mol. The summed E-state index contributed by atoms with van der Waals surface area (Å²) in [6.45, 7) is 6.60. The van der Waals surface area contributed by atoms with Crippen LogP contribution >= 0.6 is 0 Å². The molecule has 0 atom stereocenters. The summed E-state index contributed by atoms with van der Waals surface area (Å²) in [4.78, 5) is 4.39. The first-order valence-electron chi connectivity index (χ1n) is 4.94. The Hall–Kier alpha value is -1.38. The van der Waals surface area contributed by atoms with E-state index < -0.39 is 0 Å². The summed E-state index contributed by atoms with van der Waals surface area (Å²) in [7, 11) is 0. The number of nitrogens with zero attached hydrogens (tertiary/aromatic N) is 3. The van der Waals surface area contributed by atoms with E-state index in [1.807, 2.05) is 16.8 Å². The van der Waals surface area contributed by atoms with Gasteiger partial charge in [-0.15, -0.1) is 0 Å². The third kappa shape index (κ3) is 1.29. The highest BCUT2D eigenvalue weighted by Gasteiger charge is 2.22. The second kappa shape index (κ2) is 3.08. The second-order valence-corrected chi connectivity index (χ2v) is 4.18. The molecule has 0 radical (unpaired) electrons. The van der Waals surface area contributed by atoms with Crippen molar-refractivity contribution >= 4 is 5.52 Å². The van der Waals surface area contributed by atoms with E-state index >= 15 is 0 Å². The standard InChI is InChI=1S/C11H15N3/c1-4-11(2,3)10-9-6-5-7-14(9)13-8-12-10/h5-8H,4H2,1-3H3. The third-order valence-corrected chi connectivity index (χ3v) is 2.86. The summed E-state index contributed by atoms with van der Waals surface area (Å²) in [5.41, 5.74) is 2.35. The van der Waals surface area contributed by atoms with Crippen LogP contribution in [0.15, 0.2) is 24.7 Å². The maximum Gasteiger partial charge on any atom is 0.136 e. The maximum atomic E-state index is 4.39. The minimum absolute atomic E-state index is 0.114. The summed E-state index contributed by atoms with van der Waals surface area (Å²) in [5.74, 6) is 0. The molecule has 74 valence electrons. The number of hydrogen-bond acceptors (Lipinski definition) is 2. The lowest BCUT2D eigenvalue weighted by atomic mass is 9.86. The zero-order valence-corrected chi connectivity index (χ0v) is 8.86. The molecule has 0 aromatic carbocycles. The molecule has 0 amide bonds. The summed E-state index contributed by atoms with van der Waals surface area (Å²) in [6.07, 6.45) is 4.65. The number of hydrogen-bond donors (Lipinski definition) is 0. The topological polar surface area (TPSA) is 30.2 Å². The van der Waals surface area contributed by atoms with Gasteiger partial charge in [-0.1, -0.05) is 20.8 Å². The fourth-order valence-corrected chi connectivity index (χ4v) is 1.55. The van der Waals surface area contributed by atoms with Crippen LogP contribution in [0, 0.1) is 0 Å². The molecule has 0 aliphatic rings. The van der Waals surface area contributed by atoms with Crippen molar-refractivity contribution in [3.05, 3.63) is 30.4 Å². The lowest BCUT2D eigenvalue weighted by Gasteiger charge is -2.22. The van der Waals surface area contributed by atoms with Crippen molar-refractivity contribution in [2.24, 2.45) is 0 Å². The van der Waals surface area contributed by atoms with Gasteiger partial charge in [0.1, 0.15) is 6.33 Å². The quantitative estimate of drug-likeness (QED) is 0.726. The van der Waals surface area contributed by atoms with Crippen molar-refractivity contribution in [1.82, 2.24) is 14.6 Å². The Morgan fingerprint density at radius 3 is 2.93 bits per heavy atom. The number of aromatic nitrogens is 3. The molecule has 0 saturated heterocycles. The molecular weight excluding hydrogens is 174 g/mol. The molecule has 0 fully saturated rings. The highest BCUT2D eigenvalue weighted by atomic mass is 15.2. The summed E-state index contributed by atoms with van der Waals surface area (Å²) < 4.78 is 1.87. The van der Waals surface area contributed by atoms with Crippen molar-refractivity contribution < 1.29 is 0 Å². The Bertz CT molecular complexity index is 442. The van der Waals surface area contributed by atoms with E-state index in [1.54, 1.807) is 6.33 Å². The zero-order chi connectivity index (χ0) is 10.2. The summed E-state index contributed by atoms with van der Waals surface area (Å²) in [6, 6.07) is 4.06. The largest absolute Gasteiger partial charge is 0.238 e. The lowest BCUT2D eigenvalue weighted by Crippen LogP contribution is -2.19. The first kappa shape index (κ1) is 9.19. The van der Waals surface area contributed by atoms with E-state index in [4.69, 9.17) is 0 Å². The number of fused-ring (bicyclic) bond motifs is 1. The van der Waals surface area contributed by atoms with E-state index in [1.165, 1.54) is 0 Å². The molecule has 0 aliphatic carbocycles. The van der Waals surface area contributed by atoms with Gasteiger partial charge < -0.3 is 0 Å². The van der Waals surface area contributed by atoms with Crippen LogP contribution in [0.3, 0.4) is 0 Å². The van der Waals surface area contributed by atoms with E-state index in [0.717, 1.165) is 17.6 Å². The second-order valence-electron chi connectivity index (χ2n) is 4.18. The van der Waals surface area contributed by atoms with Crippen LogP contribution in [0.25, 0.3) is 5.52 Å². The smallest absolute Gasteiger partial charge is 0.136 e. The molecule has 0 aliphatic heterocycles. The Kier molecular flexibility index (Phi) is 2.02. The number of rotatable bonds is 2. The molecule has 2 heterocycles. The van der Waals surface area contributed by atoms with E-state index in [0.29, 0.717) is 0 Å². The molecule has 3 nitrogen and oxygen atoms in total. The normalized spacial score (nSPS) is 12.2. The third-order valence-electron chi connectivity index (χ3n) is 2.86. The van der Waals surface area contributed by atoms with Crippen LogP contribution < -0.4 is 0 Å². The Morgan fingerprint density at radius 1 is 1.43 bits per heavy atom. The van der Waals surface area contributed by atoms with Crippen molar-refractivity contribution in [3.63, 3.8) is 0 Å². The molecule has 2 aromatic rings. The SMILES string of the molecule is CCC(C)(C)c1ncnn2cccc12. The fraction of sp³-hybridized carbons (Fsp3) is 0.455. The Labute approximate surface area is 83.8 Å². The molecule has 0 saturated carbocycles. The molecule has 2 aromatic heterocycles. The molecule has 0 spiro atoms. The zero-order valence-electron chi connectivity index (χ0n) is 8.86. The van der Waals surface area contributed by atoms with Gasteiger partial charge in [0.15, 0.2) is 0 Å². The molecular formula is C11H15N3. The maximum absolute atomic E-state index is 4.39. The molecule has 2 rings (SSSR count). The average molecular weight is 189 g/mol. The van der Waals surface area contributed by atoms with E-state index in [9.17, 15) is 0 Å². The molecule has 14 heavy (non-hydrogen) atoms. The predicted molar refractivity (Wildman–Crippen MR) is 56.3 cm³/mol. The van der Waals surface area contributed by atoms with Gasteiger partial charge in [0, 0.05) is 11.6 Å². The van der Waals surface area contributed by atoms with Gasteiger partial charge in [0.2, 0.25) is 0 Å². The van der Waals surface area contributed by atoms with E-state index in [2.05, 4.69) is 36.9 Å². The van der Waals surface area contributed by atoms with Crippen LogP contribution in [-0.2, 0) is 5.41 Å². The van der Waals surface area contributed by atoms with E-state index in [-0.39, 0.29) is 5.41 Å². The van der Waals surface area contributed by atoms with Gasteiger partial charge in [0.05, 0.1) is 11.2 Å². The Balaban J connectivity index is 2.67. The van der Waals surface area contributed by atoms with Crippen LogP contribution in [-0.4, -0.2) is 14.6 Å². The van der Waals surface area contributed by atoms with Gasteiger partial charge >= 0.3 is 0 Å².